The Kier molecular flexibility index (Phi) is 4.74. The van der Waals surface area contributed by atoms with Crippen LogP contribution in [-0.4, -0.2) is 22.7 Å². The number of nitrogens with one attached hydrogen (secondary N) is 1. The van der Waals surface area contributed by atoms with E-state index >= 15 is 0 Å². The lowest BCUT2D eigenvalue weighted by Crippen LogP contribution is -2.21. The van der Waals surface area contributed by atoms with Gasteiger partial charge in [0.25, 0.3) is 5.91 Å². The summed E-state index contributed by atoms with van der Waals surface area (Å²) < 4.78 is 0. The van der Waals surface area contributed by atoms with Gasteiger partial charge in [0.05, 0.1) is 11.3 Å². The zero-order chi connectivity index (χ0) is 21.5. The molecule has 0 radical (unpaired) electrons. The standard InChI is InChI=1S/C25H22N2O3/c1-25(2,3)16-13-11-15(12-14-16)23(28)27-26-22-19-8-5-4-7-17(19)18-9-6-10-20(21(18)22)24(29)30/h4-14H,1-3H3,(H,27,28)(H,29,30)/b26-22+. The van der Waals surface area contributed by atoms with Crippen LogP contribution in [-0.2, 0) is 5.41 Å². The molecule has 0 spiro atoms. The van der Waals surface area contributed by atoms with Crippen molar-refractivity contribution in [3.05, 3.63) is 94.5 Å². The minimum absolute atomic E-state index is 0.000264. The Bertz CT molecular complexity index is 1190. The van der Waals surface area contributed by atoms with Gasteiger partial charge in [0, 0.05) is 16.7 Å². The molecule has 150 valence electrons. The first-order chi connectivity index (χ1) is 14.3. The van der Waals surface area contributed by atoms with Crippen LogP contribution >= 0.6 is 0 Å². The monoisotopic (exact) mass is 398 g/mol. The molecular formula is C25H22N2O3. The van der Waals surface area contributed by atoms with E-state index in [1.807, 2.05) is 42.5 Å². The van der Waals surface area contributed by atoms with Gasteiger partial charge in [0.1, 0.15) is 0 Å². The maximum absolute atomic E-state index is 12.7. The van der Waals surface area contributed by atoms with Crippen molar-refractivity contribution in [3.8, 4) is 11.1 Å². The van der Waals surface area contributed by atoms with Crippen LogP contribution in [0.15, 0.2) is 71.8 Å². The maximum atomic E-state index is 12.7. The summed E-state index contributed by atoms with van der Waals surface area (Å²) >= 11 is 0. The van der Waals surface area contributed by atoms with Crippen LogP contribution < -0.4 is 5.43 Å². The summed E-state index contributed by atoms with van der Waals surface area (Å²) in [6.45, 7) is 6.34. The van der Waals surface area contributed by atoms with Crippen molar-refractivity contribution in [2.24, 2.45) is 5.10 Å². The zero-order valence-electron chi connectivity index (χ0n) is 17.1. The molecule has 3 aromatic rings. The molecule has 0 aliphatic heterocycles. The van der Waals surface area contributed by atoms with Gasteiger partial charge in [0.2, 0.25) is 0 Å². The van der Waals surface area contributed by atoms with E-state index in [9.17, 15) is 14.7 Å². The van der Waals surface area contributed by atoms with E-state index in [0.29, 0.717) is 16.8 Å². The number of hydrazone groups is 1. The second-order valence-corrected chi connectivity index (χ2v) is 8.31. The number of carboxylic acid groups (broad SMARTS) is 1. The van der Waals surface area contributed by atoms with Crippen molar-refractivity contribution < 1.29 is 14.7 Å². The Morgan fingerprint density at radius 1 is 0.833 bits per heavy atom. The Balaban J connectivity index is 1.71. The molecule has 0 saturated heterocycles. The topological polar surface area (TPSA) is 78.8 Å². The van der Waals surface area contributed by atoms with Crippen molar-refractivity contribution in [2.75, 3.05) is 0 Å². The number of aromatic carboxylic acids is 1. The van der Waals surface area contributed by atoms with Gasteiger partial charge in [0.15, 0.2) is 0 Å². The summed E-state index contributed by atoms with van der Waals surface area (Å²) in [5.41, 5.74) is 7.86. The second-order valence-electron chi connectivity index (χ2n) is 8.31. The molecule has 4 rings (SSSR count). The first kappa shape index (κ1) is 19.6. The number of hydrogen-bond acceptors (Lipinski definition) is 3. The number of nitrogens with zero attached hydrogens (tertiary/aromatic N) is 1. The van der Waals surface area contributed by atoms with Gasteiger partial charge < -0.3 is 5.11 Å². The molecule has 5 nitrogen and oxygen atoms in total. The molecule has 0 heterocycles. The number of carbonyl (C=O) groups is 2. The predicted octanol–water partition coefficient (Wildman–Crippen LogP) is 4.85. The number of fused-ring (bicyclic) bond motifs is 3. The van der Waals surface area contributed by atoms with Gasteiger partial charge in [-0.3, -0.25) is 4.79 Å². The van der Waals surface area contributed by atoms with E-state index in [4.69, 9.17) is 0 Å². The van der Waals surface area contributed by atoms with Gasteiger partial charge in [-0.2, -0.15) is 5.10 Å². The first-order valence-electron chi connectivity index (χ1n) is 9.72. The zero-order valence-corrected chi connectivity index (χ0v) is 17.1. The van der Waals surface area contributed by atoms with E-state index in [1.54, 1.807) is 24.3 Å². The Labute approximate surface area is 175 Å². The quantitative estimate of drug-likeness (QED) is 0.485. The fourth-order valence-corrected chi connectivity index (χ4v) is 3.68. The number of carboxylic acids is 1. The minimum Gasteiger partial charge on any atom is -0.478 e. The van der Waals surface area contributed by atoms with Crippen molar-refractivity contribution >= 4 is 17.6 Å². The van der Waals surface area contributed by atoms with E-state index in [0.717, 1.165) is 22.3 Å². The van der Waals surface area contributed by atoms with Crippen LogP contribution in [0.4, 0.5) is 0 Å². The molecule has 0 fully saturated rings. The summed E-state index contributed by atoms with van der Waals surface area (Å²) in [4.78, 5) is 24.5. The van der Waals surface area contributed by atoms with Crippen molar-refractivity contribution in [2.45, 2.75) is 26.2 Å². The van der Waals surface area contributed by atoms with E-state index in [2.05, 4.69) is 31.3 Å². The highest BCUT2D eigenvalue weighted by Crippen LogP contribution is 2.38. The summed E-state index contributed by atoms with van der Waals surface area (Å²) in [5.74, 6) is -1.38. The van der Waals surface area contributed by atoms with Crippen LogP contribution in [0.1, 0.15) is 58.2 Å². The molecule has 0 unspecified atom stereocenters. The Morgan fingerprint density at radius 2 is 1.47 bits per heavy atom. The molecule has 0 saturated carbocycles. The van der Waals surface area contributed by atoms with Crippen LogP contribution in [0.2, 0.25) is 0 Å². The lowest BCUT2D eigenvalue weighted by molar-refractivity contribution is 0.0696. The smallest absolute Gasteiger partial charge is 0.336 e. The summed E-state index contributed by atoms with van der Waals surface area (Å²) in [7, 11) is 0. The first-order valence-corrected chi connectivity index (χ1v) is 9.72. The van der Waals surface area contributed by atoms with Crippen LogP contribution in [0.3, 0.4) is 0 Å². The maximum Gasteiger partial charge on any atom is 0.336 e. The van der Waals surface area contributed by atoms with Gasteiger partial charge >= 0.3 is 5.97 Å². The summed E-state index contributed by atoms with van der Waals surface area (Å²) in [6, 6.07) is 20.1. The van der Waals surface area contributed by atoms with E-state index < -0.39 is 5.97 Å². The lowest BCUT2D eigenvalue weighted by atomic mass is 9.87. The third-order valence-electron chi connectivity index (χ3n) is 5.29. The molecule has 0 aromatic heterocycles. The van der Waals surface area contributed by atoms with Gasteiger partial charge in [-0.15, -0.1) is 0 Å². The van der Waals surface area contributed by atoms with Gasteiger partial charge in [-0.05, 0) is 40.3 Å². The highest BCUT2D eigenvalue weighted by atomic mass is 16.4. The second kappa shape index (κ2) is 7.26. The molecule has 0 atom stereocenters. The number of amides is 1. The number of hydrogen-bond donors (Lipinski definition) is 2. The molecule has 2 N–H and O–H groups in total. The fourth-order valence-electron chi connectivity index (χ4n) is 3.68. The average molecular weight is 398 g/mol. The largest absolute Gasteiger partial charge is 0.478 e. The van der Waals surface area contributed by atoms with Crippen molar-refractivity contribution in [1.29, 1.82) is 0 Å². The summed E-state index contributed by atoms with van der Waals surface area (Å²) in [5, 5.41) is 14.0. The molecule has 30 heavy (non-hydrogen) atoms. The third-order valence-corrected chi connectivity index (χ3v) is 5.29. The van der Waals surface area contributed by atoms with Crippen LogP contribution in [0, 0.1) is 0 Å². The molecule has 0 bridgehead atoms. The molecule has 1 aliphatic carbocycles. The van der Waals surface area contributed by atoms with E-state index in [1.165, 1.54) is 0 Å². The predicted molar refractivity (Wildman–Crippen MR) is 117 cm³/mol. The SMILES string of the molecule is CC(C)(C)c1ccc(C(=O)N/N=C2\c3ccccc3-c3cccc(C(=O)O)c32)cc1. The highest BCUT2D eigenvalue weighted by Gasteiger charge is 2.29. The minimum atomic E-state index is -1.03. The Morgan fingerprint density at radius 3 is 2.10 bits per heavy atom. The van der Waals surface area contributed by atoms with Crippen molar-refractivity contribution in [3.63, 3.8) is 0 Å². The average Bonchev–Trinajstić information content (AvgIpc) is 3.05. The molecule has 1 amide bonds. The molecule has 1 aliphatic rings. The summed E-state index contributed by atoms with van der Waals surface area (Å²) in [6.07, 6.45) is 0. The number of benzene rings is 3. The lowest BCUT2D eigenvalue weighted by Gasteiger charge is -2.18. The molecule has 5 heteroatoms. The third kappa shape index (κ3) is 3.39. The van der Waals surface area contributed by atoms with Crippen LogP contribution in [0.5, 0.6) is 0 Å². The number of rotatable bonds is 3. The van der Waals surface area contributed by atoms with Gasteiger partial charge in [-0.1, -0.05) is 69.3 Å². The van der Waals surface area contributed by atoms with E-state index in [-0.39, 0.29) is 16.9 Å². The molecule has 3 aromatic carbocycles. The highest BCUT2D eigenvalue weighted by molar-refractivity contribution is 6.27. The normalized spacial score (nSPS) is 13.6. The van der Waals surface area contributed by atoms with Gasteiger partial charge in [-0.25, -0.2) is 10.2 Å². The van der Waals surface area contributed by atoms with Crippen LogP contribution in [0.25, 0.3) is 11.1 Å². The van der Waals surface area contributed by atoms with Crippen molar-refractivity contribution in [1.82, 2.24) is 5.43 Å². The number of carbonyl (C=O) groups excluding carboxylic acids is 1. The fraction of sp³-hybridized carbons (Fsp3) is 0.160. The Hall–Kier alpha value is -3.73. The molecular weight excluding hydrogens is 376 g/mol.